The molecular formula is C35H39FN6O2. The molecule has 2 aliphatic heterocycles. The second-order valence-electron chi connectivity index (χ2n) is 11.6. The number of esters is 1. The van der Waals surface area contributed by atoms with Gasteiger partial charge in [0.05, 0.1) is 18.3 Å². The smallest absolute Gasteiger partial charge is 0.320 e. The molecule has 9 heteroatoms. The number of nitrogens with zero attached hydrogens (tertiary/aromatic N) is 5. The molecule has 0 aliphatic carbocycles. The van der Waals surface area contributed by atoms with E-state index in [2.05, 4.69) is 75.5 Å². The molecule has 228 valence electrons. The van der Waals surface area contributed by atoms with E-state index in [4.69, 9.17) is 14.7 Å². The van der Waals surface area contributed by atoms with Crippen LogP contribution in [0.4, 0.5) is 21.8 Å². The first-order valence-corrected chi connectivity index (χ1v) is 15.3. The predicted molar refractivity (Wildman–Crippen MR) is 170 cm³/mol. The van der Waals surface area contributed by atoms with E-state index in [1.165, 1.54) is 28.8 Å². The first kappa shape index (κ1) is 29.7. The molecule has 0 amide bonds. The highest BCUT2D eigenvalue weighted by atomic mass is 19.1. The van der Waals surface area contributed by atoms with Crippen LogP contribution in [0.1, 0.15) is 40.9 Å². The number of carbonyl (C=O) groups is 1. The molecule has 8 nitrogen and oxygen atoms in total. The molecule has 2 aliphatic rings. The van der Waals surface area contributed by atoms with Crippen molar-refractivity contribution in [3.05, 3.63) is 113 Å². The Kier molecular flexibility index (Phi) is 9.14. The summed E-state index contributed by atoms with van der Waals surface area (Å²) in [4.78, 5) is 29.5. The Bertz CT molecular complexity index is 1570. The van der Waals surface area contributed by atoms with Gasteiger partial charge in [0.1, 0.15) is 18.2 Å². The summed E-state index contributed by atoms with van der Waals surface area (Å²) in [6.45, 7) is 9.65. The van der Waals surface area contributed by atoms with Gasteiger partial charge in [0, 0.05) is 50.5 Å². The molecule has 0 spiro atoms. The van der Waals surface area contributed by atoms with E-state index in [-0.39, 0.29) is 31.0 Å². The summed E-state index contributed by atoms with van der Waals surface area (Å²) in [7, 11) is 0. The van der Waals surface area contributed by atoms with E-state index in [0.29, 0.717) is 17.3 Å². The van der Waals surface area contributed by atoms with Gasteiger partial charge in [-0.15, -0.1) is 0 Å². The third-order valence-corrected chi connectivity index (χ3v) is 8.62. The number of fused-ring (bicyclic) bond motifs is 1. The second-order valence-corrected chi connectivity index (χ2v) is 11.6. The molecule has 0 radical (unpaired) electrons. The van der Waals surface area contributed by atoms with Crippen LogP contribution in [0.3, 0.4) is 0 Å². The van der Waals surface area contributed by atoms with Crippen molar-refractivity contribution in [2.24, 2.45) is 0 Å². The maximum absolute atomic E-state index is 13.5. The van der Waals surface area contributed by atoms with Gasteiger partial charge in [-0.3, -0.25) is 14.6 Å². The van der Waals surface area contributed by atoms with Crippen molar-refractivity contribution in [3.8, 4) is 0 Å². The van der Waals surface area contributed by atoms with E-state index in [9.17, 15) is 9.18 Å². The van der Waals surface area contributed by atoms with Crippen molar-refractivity contribution in [1.29, 1.82) is 0 Å². The number of piperazine rings is 1. The number of ether oxygens (including phenoxy) is 1. The minimum atomic E-state index is -0.313. The SMILES string of the molecule is Cc1c(COC(=O)CN2CCN(Cc3ccccc3)CC2)nc(Nc2ccc(F)cc2)nc1N1CCc2ccccc2C1C. The van der Waals surface area contributed by atoms with Crippen LogP contribution in [0.15, 0.2) is 78.9 Å². The quantitative estimate of drug-likeness (QED) is 0.249. The lowest BCUT2D eigenvalue weighted by Gasteiger charge is -2.37. The molecule has 1 atom stereocenters. The molecule has 1 N–H and O–H groups in total. The summed E-state index contributed by atoms with van der Waals surface area (Å²) in [6, 6.07) is 25.2. The summed E-state index contributed by atoms with van der Waals surface area (Å²) >= 11 is 0. The zero-order valence-electron chi connectivity index (χ0n) is 25.4. The third kappa shape index (κ3) is 7.06. The van der Waals surface area contributed by atoms with Crippen molar-refractivity contribution in [3.63, 3.8) is 0 Å². The molecule has 0 saturated carbocycles. The van der Waals surface area contributed by atoms with Gasteiger partial charge in [-0.05, 0) is 61.2 Å². The molecule has 1 saturated heterocycles. The highest BCUT2D eigenvalue weighted by molar-refractivity contribution is 5.71. The number of aromatic nitrogens is 2. The lowest BCUT2D eigenvalue weighted by atomic mass is 9.93. The van der Waals surface area contributed by atoms with Crippen LogP contribution in [-0.4, -0.2) is 65.0 Å². The van der Waals surface area contributed by atoms with Gasteiger partial charge in [-0.2, -0.15) is 4.98 Å². The summed E-state index contributed by atoms with van der Waals surface area (Å²) < 4.78 is 19.3. The normalized spacial score (nSPS) is 17.2. The van der Waals surface area contributed by atoms with Crippen LogP contribution in [0.2, 0.25) is 0 Å². The fourth-order valence-corrected chi connectivity index (χ4v) is 6.07. The average molecular weight is 595 g/mol. The second kappa shape index (κ2) is 13.5. The number of halogens is 1. The highest BCUT2D eigenvalue weighted by Gasteiger charge is 2.28. The molecule has 3 heterocycles. The maximum atomic E-state index is 13.5. The lowest BCUT2D eigenvalue weighted by Crippen LogP contribution is -2.47. The Morgan fingerprint density at radius 2 is 1.61 bits per heavy atom. The van der Waals surface area contributed by atoms with Crippen LogP contribution in [0.25, 0.3) is 0 Å². The minimum absolute atomic E-state index is 0.0467. The standard InChI is InChI=1S/C35H39FN6O2/c1-25-32(24-44-33(43)23-41-20-18-40(19-21-41)22-27-8-4-3-5-9-27)38-35(37-30-14-12-29(36)13-15-30)39-34(25)42-17-16-28-10-6-7-11-31(28)26(42)2/h3-15,26H,16-24H2,1-2H3,(H,37,38,39). The van der Waals surface area contributed by atoms with E-state index in [0.717, 1.165) is 57.1 Å². The summed E-state index contributed by atoms with van der Waals surface area (Å²) in [5, 5.41) is 3.22. The van der Waals surface area contributed by atoms with E-state index >= 15 is 0 Å². The number of carbonyl (C=O) groups excluding carboxylic acids is 1. The van der Waals surface area contributed by atoms with Crippen molar-refractivity contribution in [2.75, 3.05) is 49.5 Å². The number of anilines is 3. The fraction of sp³-hybridized carbons (Fsp3) is 0.343. The molecule has 4 aromatic rings. The number of hydrogen-bond acceptors (Lipinski definition) is 8. The Hall–Kier alpha value is -4.34. The summed E-state index contributed by atoms with van der Waals surface area (Å²) in [6.07, 6.45) is 0.910. The Morgan fingerprint density at radius 3 is 2.39 bits per heavy atom. The number of benzene rings is 3. The Morgan fingerprint density at radius 1 is 0.909 bits per heavy atom. The minimum Gasteiger partial charge on any atom is -0.458 e. The van der Waals surface area contributed by atoms with E-state index in [1.807, 2.05) is 13.0 Å². The maximum Gasteiger partial charge on any atom is 0.320 e. The van der Waals surface area contributed by atoms with Crippen LogP contribution in [0.5, 0.6) is 0 Å². The zero-order valence-corrected chi connectivity index (χ0v) is 25.4. The zero-order chi connectivity index (χ0) is 30.5. The molecule has 1 fully saturated rings. The molecule has 1 aromatic heterocycles. The van der Waals surface area contributed by atoms with E-state index in [1.54, 1.807) is 12.1 Å². The van der Waals surface area contributed by atoms with Gasteiger partial charge in [-0.25, -0.2) is 9.37 Å². The first-order valence-electron chi connectivity index (χ1n) is 15.3. The molecular weight excluding hydrogens is 555 g/mol. The van der Waals surface area contributed by atoms with Gasteiger partial charge in [0.2, 0.25) is 5.95 Å². The molecule has 0 bridgehead atoms. The van der Waals surface area contributed by atoms with Crippen molar-refractivity contribution in [2.45, 2.75) is 39.5 Å². The van der Waals surface area contributed by atoms with Crippen LogP contribution < -0.4 is 10.2 Å². The average Bonchev–Trinajstić information content (AvgIpc) is 3.04. The third-order valence-electron chi connectivity index (χ3n) is 8.62. The number of nitrogens with one attached hydrogen (secondary N) is 1. The Balaban J connectivity index is 1.14. The van der Waals surface area contributed by atoms with Gasteiger partial charge in [0.15, 0.2) is 0 Å². The molecule has 6 rings (SSSR count). The number of rotatable bonds is 9. The lowest BCUT2D eigenvalue weighted by molar-refractivity contribution is -0.146. The van der Waals surface area contributed by atoms with Crippen LogP contribution in [-0.2, 0) is 29.1 Å². The van der Waals surface area contributed by atoms with Crippen LogP contribution in [0, 0.1) is 12.7 Å². The van der Waals surface area contributed by atoms with Gasteiger partial charge < -0.3 is 15.0 Å². The largest absolute Gasteiger partial charge is 0.458 e. The monoisotopic (exact) mass is 594 g/mol. The molecule has 1 unspecified atom stereocenters. The van der Waals surface area contributed by atoms with Crippen molar-refractivity contribution in [1.82, 2.24) is 19.8 Å². The van der Waals surface area contributed by atoms with E-state index < -0.39 is 0 Å². The van der Waals surface area contributed by atoms with Gasteiger partial charge >= 0.3 is 5.97 Å². The van der Waals surface area contributed by atoms with Crippen LogP contribution >= 0.6 is 0 Å². The summed E-state index contributed by atoms with van der Waals surface area (Å²) in [5.74, 6) is 0.595. The predicted octanol–water partition coefficient (Wildman–Crippen LogP) is 5.65. The van der Waals surface area contributed by atoms with Crippen molar-refractivity contribution < 1.29 is 13.9 Å². The first-order chi connectivity index (χ1) is 21.4. The Labute approximate surface area is 258 Å². The van der Waals surface area contributed by atoms with Crippen molar-refractivity contribution >= 4 is 23.4 Å². The van der Waals surface area contributed by atoms with Gasteiger partial charge in [-0.1, -0.05) is 54.6 Å². The summed E-state index contributed by atoms with van der Waals surface area (Å²) in [5.41, 5.74) is 6.13. The highest BCUT2D eigenvalue weighted by Crippen LogP contribution is 2.35. The molecule has 44 heavy (non-hydrogen) atoms. The number of hydrogen-bond donors (Lipinski definition) is 1. The fourth-order valence-electron chi connectivity index (χ4n) is 6.07. The molecule has 3 aromatic carbocycles. The van der Waals surface area contributed by atoms with Gasteiger partial charge in [0.25, 0.3) is 0 Å². The topological polar surface area (TPSA) is 73.8 Å².